The van der Waals surface area contributed by atoms with Crippen molar-refractivity contribution in [3.8, 4) is 11.1 Å². The standard InChI is InChI=1S/C27H26F3INO4S2/c1-37-23-12-21(24(38(35)36)13-20(23)17-8-5-9-18(10-17)26(33)34)22(16-6-3-2-4-7-16)14-31-25-11-19(15-32-25)27(28,29)30/h2-10,12-13,19,22,25,32H,11,14-15H2,1H3,(H,33,34)(H,35,36)/q-1/p-1/t19-,22?,25?/m1/s1. The fourth-order valence-electron chi connectivity index (χ4n) is 4.49. The van der Waals surface area contributed by atoms with Gasteiger partial charge < -0.3 is 0 Å². The Morgan fingerprint density at radius 1 is 1.18 bits per heavy atom. The molecule has 2 N–H and O–H groups in total. The van der Waals surface area contributed by atoms with Crippen LogP contribution in [-0.4, -0.2) is 47.3 Å². The van der Waals surface area contributed by atoms with E-state index < -0.39 is 50.3 Å². The van der Waals surface area contributed by atoms with Crippen molar-refractivity contribution in [2.24, 2.45) is 5.92 Å². The van der Waals surface area contributed by atoms with Gasteiger partial charge in [-0.2, -0.15) is 0 Å². The molecular weight excluding hydrogens is 650 g/mol. The van der Waals surface area contributed by atoms with Crippen LogP contribution in [0.3, 0.4) is 0 Å². The van der Waals surface area contributed by atoms with Gasteiger partial charge in [0, 0.05) is 0 Å². The van der Waals surface area contributed by atoms with Crippen LogP contribution >= 0.6 is 11.8 Å². The number of alkyl halides is 5. The number of thioether (sulfide) groups is 1. The van der Waals surface area contributed by atoms with Crippen molar-refractivity contribution in [2.75, 3.05) is 17.2 Å². The summed E-state index contributed by atoms with van der Waals surface area (Å²) >= 11 is -1.91. The number of aromatic carboxylic acids is 1. The number of hydrogen-bond acceptors (Lipinski definition) is 5. The molecule has 0 aliphatic carbocycles. The zero-order valence-electron chi connectivity index (χ0n) is 20.2. The molecule has 3 unspecified atom stereocenters. The van der Waals surface area contributed by atoms with Crippen LogP contribution in [0.25, 0.3) is 11.1 Å². The van der Waals surface area contributed by atoms with Gasteiger partial charge in [-0.3, -0.25) is 0 Å². The van der Waals surface area contributed by atoms with Crippen molar-refractivity contribution in [2.45, 2.75) is 32.4 Å². The fraction of sp³-hybridized carbons (Fsp3) is 0.296. The maximum atomic E-state index is 13.2. The van der Waals surface area contributed by atoms with E-state index in [1.165, 1.54) is 23.9 Å². The maximum absolute atomic E-state index is 13.2. The molecule has 0 amide bonds. The second-order valence-corrected chi connectivity index (χ2v) is 13.9. The van der Waals surface area contributed by atoms with Gasteiger partial charge in [0.2, 0.25) is 0 Å². The first-order valence-electron chi connectivity index (χ1n) is 11.7. The Hall–Kier alpha value is -1.93. The first-order valence-corrected chi connectivity index (χ1v) is 16.7. The molecule has 204 valence electrons. The van der Waals surface area contributed by atoms with Crippen molar-refractivity contribution in [1.29, 1.82) is 0 Å². The number of carboxylic acid groups (broad SMARTS) is 1. The molecule has 0 spiro atoms. The van der Waals surface area contributed by atoms with E-state index in [-0.39, 0.29) is 33.4 Å². The minimum atomic E-state index is -4.22. The van der Waals surface area contributed by atoms with E-state index in [9.17, 15) is 31.8 Å². The Bertz CT molecular complexity index is 1320. The number of hydrogen-bond donors (Lipinski definition) is 2. The van der Waals surface area contributed by atoms with Crippen molar-refractivity contribution >= 4 is 28.8 Å². The van der Waals surface area contributed by atoms with Gasteiger partial charge in [-0.05, 0) is 0 Å². The monoisotopic (exact) mass is 675 g/mol. The van der Waals surface area contributed by atoms with Crippen LogP contribution in [0.5, 0.6) is 0 Å². The van der Waals surface area contributed by atoms with Crippen LogP contribution in [0.1, 0.15) is 33.8 Å². The number of halogens is 4. The fourth-order valence-corrected chi connectivity index (χ4v) is 9.39. The second kappa shape index (κ2) is 12.5. The number of carbonyl (C=O) groups is 1. The van der Waals surface area contributed by atoms with Gasteiger partial charge in [0.1, 0.15) is 0 Å². The molecule has 4 atom stereocenters. The van der Waals surface area contributed by atoms with Crippen molar-refractivity contribution in [3.05, 3.63) is 83.4 Å². The van der Waals surface area contributed by atoms with E-state index in [0.717, 1.165) is 10.5 Å². The summed E-state index contributed by atoms with van der Waals surface area (Å²) in [5.74, 6) is -2.74. The van der Waals surface area contributed by atoms with Crippen LogP contribution in [0, 0.1) is 5.92 Å². The van der Waals surface area contributed by atoms with Gasteiger partial charge >= 0.3 is 237 Å². The normalized spacial score (nSPS) is 19.4. The van der Waals surface area contributed by atoms with E-state index in [1.54, 1.807) is 18.2 Å². The molecule has 1 saturated heterocycles. The Labute approximate surface area is 236 Å². The van der Waals surface area contributed by atoms with E-state index in [4.69, 9.17) is 0 Å². The summed E-state index contributed by atoms with van der Waals surface area (Å²) in [6.07, 6.45) is -2.31. The van der Waals surface area contributed by atoms with Crippen LogP contribution < -0.4 is 26.5 Å². The average Bonchev–Trinajstić information content (AvgIpc) is 3.39. The molecule has 0 radical (unpaired) electrons. The zero-order valence-corrected chi connectivity index (χ0v) is 24.0. The predicted molar refractivity (Wildman–Crippen MR) is 137 cm³/mol. The van der Waals surface area contributed by atoms with E-state index in [1.807, 2.05) is 42.7 Å². The van der Waals surface area contributed by atoms with Gasteiger partial charge in [-0.25, -0.2) is 0 Å². The van der Waals surface area contributed by atoms with E-state index >= 15 is 0 Å². The summed E-state index contributed by atoms with van der Waals surface area (Å²) in [7, 11) is 0. The first kappa shape index (κ1) is 29.1. The van der Waals surface area contributed by atoms with Gasteiger partial charge in [0.25, 0.3) is 0 Å². The molecule has 0 saturated carbocycles. The third kappa shape index (κ3) is 6.79. The molecule has 1 aliphatic heterocycles. The van der Waals surface area contributed by atoms with Gasteiger partial charge in [-0.1, -0.05) is 0 Å². The number of rotatable bonds is 9. The summed E-state index contributed by atoms with van der Waals surface area (Å²) in [4.78, 5) is 12.4. The predicted octanol–water partition coefficient (Wildman–Crippen LogP) is 2.73. The molecule has 0 bridgehead atoms. The van der Waals surface area contributed by atoms with E-state index in [0.29, 0.717) is 21.1 Å². The third-order valence-corrected chi connectivity index (χ3v) is 11.4. The second-order valence-electron chi connectivity index (χ2n) is 8.83. The molecule has 1 fully saturated rings. The molecular formula is C27H25F3INO4S2-2. The van der Waals surface area contributed by atoms with Crippen molar-refractivity contribution in [1.82, 2.24) is 5.32 Å². The summed E-state index contributed by atoms with van der Waals surface area (Å²) in [6.45, 7) is -0.0829. The molecule has 0 aromatic heterocycles. The number of benzene rings is 3. The SMILES string of the molecule is CSc1cc(C(C[I-]C2C[C@@H](C(F)(F)F)CN2)c2ccccc2)c(S(=O)[O-])cc1-c1cccc(C(=O)O)c1. The van der Waals surface area contributed by atoms with Crippen LogP contribution in [0.4, 0.5) is 13.2 Å². The minimum absolute atomic E-state index is 0.0492. The Morgan fingerprint density at radius 2 is 1.92 bits per heavy atom. The Morgan fingerprint density at radius 3 is 2.53 bits per heavy atom. The summed E-state index contributed by atoms with van der Waals surface area (Å²) in [5, 5.41) is 12.4. The van der Waals surface area contributed by atoms with Crippen LogP contribution in [0.2, 0.25) is 0 Å². The van der Waals surface area contributed by atoms with E-state index in [2.05, 4.69) is 5.32 Å². The van der Waals surface area contributed by atoms with Gasteiger partial charge in [-0.15, -0.1) is 0 Å². The molecule has 1 aliphatic rings. The summed E-state index contributed by atoms with van der Waals surface area (Å²) < 4.78 is 65.0. The van der Waals surface area contributed by atoms with Crippen LogP contribution in [-0.2, 0) is 11.1 Å². The molecule has 3 aromatic carbocycles. The molecule has 5 nitrogen and oxygen atoms in total. The van der Waals surface area contributed by atoms with Crippen LogP contribution in [0.15, 0.2) is 76.5 Å². The van der Waals surface area contributed by atoms with Gasteiger partial charge in [0.15, 0.2) is 0 Å². The van der Waals surface area contributed by atoms with Gasteiger partial charge in [0.05, 0.1) is 0 Å². The molecule has 1 heterocycles. The quantitative estimate of drug-likeness (QED) is 0.119. The van der Waals surface area contributed by atoms with Crippen molar-refractivity contribution in [3.63, 3.8) is 0 Å². The first-order chi connectivity index (χ1) is 18.1. The topological polar surface area (TPSA) is 89.5 Å². The summed E-state index contributed by atoms with van der Waals surface area (Å²) in [6, 6.07) is 19.2. The summed E-state index contributed by atoms with van der Waals surface area (Å²) in [5.41, 5.74) is 2.78. The third-order valence-electron chi connectivity index (χ3n) is 6.48. The Balaban J connectivity index is 1.74. The zero-order chi connectivity index (χ0) is 27.4. The molecule has 11 heteroatoms. The molecule has 4 rings (SSSR count). The Kier molecular flexibility index (Phi) is 9.56. The average molecular weight is 676 g/mol. The number of nitrogens with one attached hydrogen (secondary N) is 1. The molecule has 38 heavy (non-hydrogen) atoms. The number of carboxylic acids is 1. The molecule has 3 aromatic rings. The van der Waals surface area contributed by atoms with Crippen molar-refractivity contribution < 1.29 is 53.0 Å².